The monoisotopic (exact) mass is 180 g/mol. The third-order valence-electron chi connectivity index (χ3n) is 3.37. The van der Waals surface area contributed by atoms with Crippen molar-refractivity contribution in [2.45, 2.75) is 40.5 Å². The molecule has 1 atom stereocenters. The van der Waals surface area contributed by atoms with Crippen LogP contribution in [0.3, 0.4) is 0 Å². The molecule has 1 unspecified atom stereocenters. The standard InChI is InChI=1S/C12H20O/c1-5-12(11(2,3)4)8-6-10(13)7-9-12/h6-8,13H,5,9H2,1-4H3. The first-order valence-corrected chi connectivity index (χ1v) is 5.00. The second kappa shape index (κ2) is 3.21. The first-order chi connectivity index (χ1) is 5.91. The minimum absolute atomic E-state index is 0.221. The van der Waals surface area contributed by atoms with Crippen LogP contribution < -0.4 is 0 Å². The van der Waals surface area contributed by atoms with Gasteiger partial charge in [-0.25, -0.2) is 0 Å². The Bertz CT molecular complexity index is 242. The van der Waals surface area contributed by atoms with E-state index in [1.165, 1.54) is 0 Å². The zero-order chi connectivity index (χ0) is 10.1. The number of allylic oxidation sites excluding steroid dienone is 3. The summed E-state index contributed by atoms with van der Waals surface area (Å²) in [5.41, 5.74) is 0.481. The van der Waals surface area contributed by atoms with Crippen molar-refractivity contribution >= 4 is 0 Å². The summed E-state index contributed by atoms with van der Waals surface area (Å²) in [7, 11) is 0. The van der Waals surface area contributed by atoms with E-state index in [4.69, 9.17) is 0 Å². The van der Waals surface area contributed by atoms with Gasteiger partial charge < -0.3 is 5.11 Å². The van der Waals surface area contributed by atoms with Crippen LogP contribution in [-0.4, -0.2) is 5.11 Å². The first-order valence-electron chi connectivity index (χ1n) is 5.00. The molecule has 0 aromatic rings. The van der Waals surface area contributed by atoms with E-state index in [2.05, 4.69) is 33.8 Å². The van der Waals surface area contributed by atoms with E-state index in [-0.39, 0.29) is 10.8 Å². The second-order valence-electron chi connectivity index (χ2n) is 4.93. The zero-order valence-corrected chi connectivity index (χ0v) is 9.09. The molecule has 0 aliphatic heterocycles. The fourth-order valence-electron chi connectivity index (χ4n) is 2.02. The Morgan fingerprint density at radius 2 is 2.08 bits per heavy atom. The Balaban J connectivity index is 2.94. The van der Waals surface area contributed by atoms with Gasteiger partial charge in [-0.1, -0.05) is 33.8 Å². The van der Waals surface area contributed by atoms with E-state index in [0.717, 1.165) is 12.8 Å². The van der Waals surface area contributed by atoms with Gasteiger partial charge in [0.05, 0.1) is 0 Å². The number of hydrogen-bond donors (Lipinski definition) is 1. The highest BCUT2D eigenvalue weighted by molar-refractivity contribution is 5.23. The molecule has 1 N–H and O–H groups in total. The summed E-state index contributed by atoms with van der Waals surface area (Å²) in [4.78, 5) is 0. The van der Waals surface area contributed by atoms with Gasteiger partial charge >= 0.3 is 0 Å². The van der Waals surface area contributed by atoms with Crippen molar-refractivity contribution < 1.29 is 5.11 Å². The van der Waals surface area contributed by atoms with Gasteiger partial charge in [-0.2, -0.15) is 0 Å². The van der Waals surface area contributed by atoms with Crippen LogP contribution in [0.2, 0.25) is 0 Å². The van der Waals surface area contributed by atoms with Crippen LogP contribution in [0.15, 0.2) is 24.0 Å². The molecule has 0 radical (unpaired) electrons. The molecule has 0 fully saturated rings. The maximum atomic E-state index is 9.28. The number of hydrogen-bond acceptors (Lipinski definition) is 1. The summed E-state index contributed by atoms with van der Waals surface area (Å²) in [5, 5.41) is 9.28. The molecule has 1 rings (SSSR count). The lowest BCUT2D eigenvalue weighted by molar-refractivity contribution is 0.137. The molecule has 0 aromatic carbocycles. The SMILES string of the molecule is CCC1(C(C)(C)C)C=CC(O)=CC1. The van der Waals surface area contributed by atoms with Gasteiger partial charge in [-0.05, 0) is 35.8 Å². The van der Waals surface area contributed by atoms with Gasteiger partial charge in [0.25, 0.3) is 0 Å². The highest BCUT2D eigenvalue weighted by atomic mass is 16.3. The first kappa shape index (κ1) is 10.4. The quantitative estimate of drug-likeness (QED) is 0.650. The average molecular weight is 180 g/mol. The van der Waals surface area contributed by atoms with Crippen LogP contribution in [-0.2, 0) is 0 Å². The molecule has 0 heterocycles. The van der Waals surface area contributed by atoms with Crippen molar-refractivity contribution in [2.24, 2.45) is 10.8 Å². The Kier molecular flexibility index (Phi) is 2.56. The smallest absolute Gasteiger partial charge is 0.111 e. The van der Waals surface area contributed by atoms with Gasteiger partial charge in [-0.15, -0.1) is 0 Å². The van der Waals surface area contributed by atoms with Crippen molar-refractivity contribution in [3.05, 3.63) is 24.0 Å². The third kappa shape index (κ3) is 1.79. The summed E-state index contributed by atoms with van der Waals surface area (Å²) in [6, 6.07) is 0. The molecular weight excluding hydrogens is 160 g/mol. The topological polar surface area (TPSA) is 20.2 Å². The second-order valence-corrected chi connectivity index (χ2v) is 4.93. The van der Waals surface area contributed by atoms with Crippen LogP contribution in [0.5, 0.6) is 0 Å². The molecule has 1 aliphatic rings. The summed E-state index contributed by atoms with van der Waals surface area (Å²) >= 11 is 0. The molecule has 0 spiro atoms. The molecule has 0 bridgehead atoms. The maximum Gasteiger partial charge on any atom is 0.111 e. The summed E-state index contributed by atoms with van der Waals surface area (Å²) < 4.78 is 0. The van der Waals surface area contributed by atoms with Gasteiger partial charge in [0, 0.05) is 0 Å². The average Bonchev–Trinajstić information content (AvgIpc) is 2.04. The van der Waals surface area contributed by atoms with Gasteiger partial charge in [0.2, 0.25) is 0 Å². The van der Waals surface area contributed by atoms with E-state index in [1.54, 1.807) is 0 Å². The predicted octanol–water partition coefficient (Wildman–Crippen LogP) is 3.83. The fraction of sp³-hybridized carbons (Fsp3) is 0.667. The van der Waals surface area contributed by atoms with Crippen molar-refractivity contribution in [1.29, 1.82) is 0 Å². The summed E-state index contributed by atoms with van der Waals surface area (Å²) in [6.07, 6.45) is 8.00. The molecule has 0 aromatic heterocycles. The molecule has 13 heavy (non-hydrogen) atoms. The van der Waals surface area contributed by atoms with Crippen molar-refractivity contribution in [1.82, 2.24) is 0 Å². The Labute approximate surface area is 81.2 Å². The van der Waals surface area contributed by atoms with Gasteiger partial charge in [-0.3, -0.25) is 0 Å². The lowest BCUT2D eigenvalue weighted by Crippen LogP contribution is -2.34. The molecule has 1 heteroatoms. The highest BCUT2D eigenvalue weighted by Crippen LogP contribution is 2.47. The van der Waals surface area contributed by atoms with Crippen LogP contribution in [0, 0.1) is 10.8 Å². The Morgan fingerprint density at radius 3 is 2.38 bits per heavy atom. The fourth-order valence-corrected chi connectivity index (χ4v) is 2.02. The number of aliphatic hydroxyl groups excluding tert-OH is 1. The molecule has 74 valence electrons. The molecule has 1 aliphatic carbocycles. The minimum Gasteiger partial charge on any atom is -0.508 e. The Morgan fingerprint density at radius 1 is 1.46 bits per heavy atom. The van der Waals surface area contributed by atoms with Crippen molar-refractivity contribution in [2.75, 3.05) is 0 Å². The summed E-state index contributed by atoms with van der Waals surface area (Å²) in [5.74, 6) is 0.410. The van der Waals surface area contributed by atoms with E-state index >= 15 is 0 Å². The van der Waals surface area contributed by atoms with E-state index in [0.29, 0.717) is 5.76 Å². The van der Waals surface area contributed by atoms with E-state index in [9.17, 15) is 5.11 Å². The van der Waals surface area contributed by atoms with E-state index in [1.807, 2.05) is 12.2 Å². The number of aliphatic hydroxyl groups is 1. The van der Waals surface area contributed by atoms with E-state index < -0.39 is 0 Å². The highest BCUT2D eigenvalue weighted by Gasteiger charge is 2.38. The van der Waals surface area contributed by atoms with Crippen LogP contribution in [0.1, 0.15) is 40.5 Å². The summed E-state index contributed by atoms with van der Waals surface area (Å²) in [6.45, 7) is 9.00. The van der Waals surface area contributed by atoms with Crippen LogP contribution >= 0.6 is 0 Å². The largest absolute Gasteiger partial charge is 0.508 e. The molecule has 1 nitrogen and oxygen atoms in total. The minimum atomic E-state index is 0.221. The number of rotatable bonds is 1. The molecular formula is C12H20O. The van der Waals surface area contributed by atoms with Gasteiger partial charge in [0.1, 0.15) is 5.76 Å². The van der Waals surface area contributed by atoms with Gasteiger partial charge in [0.15, 0.2) is 0 Å². The lowest BCUT2D eigenvalue weighted by atomic mass is 9.62. The molecule has 0 saturated carbocycles. The molecule has 0 amide bonds. The molecule has 0 saturated heterocycles. The third-order valence-corrected chi connectivity index (χ3v) is 3.37. The predicted molar refractivity (Wildman–Crippen MR) is 56.6 cm³/mol. The van der Waals surface area contributed by atoms with Crippen molar-refractivity contribution in [3.8, 4) is 0 Å². The van der Waals surface area contributed by atoms with Crippen LogP contribution in [0.4, 0.5) is 0 Å². The Hall–Kier alpha value is -0.720. The maximum absolute atomic E-state index is 9.28. The van der Waals surface area contributed by atoms with Crippen molar-refractivity contribution in [3.63, 3.8) is 0 Å². The zero-order valence-electron chi connectivity index (χ0n) is 9.09. The van der Waals surface area contributed by atoms with Crippen LogP contribution in [0.25, 0.3) is 0 Å². The normalized spacial score (nSPS) is 28.8. The lowest BCUT2D eigenvalue weighted by Gasteiger charge is -2.43.